The van der Waals surface area contributed by atoms with Crippen LogP contribution in [0.3, 0.4) is 0 Å². The Morgan fingerprint density at radius 3 is 1.00 bits per heavy atom. The molecule has 0 aromatic carbocycles. The van der Waals surface area contributed by atoms with E-state index in [1.165, 1.54) is 0 Å². The Kier molecular flexibility index (Phi) is 9.87. The summed E-state index contributed by atoms with van der Waals surface area (Å²) in [6.45, 7) is 6.50. The van der Waals surface area contributed by atoms with Gasteiger partial charge < -0.3 is 0 Å². The smallest absolute Gasteiger partial charge is 0 e. The van der Waals surface area contributed by atoms with Crippen LogP contribution in [0.25, 0.3) is 0 Å². The molecule has 1 radical (unpaired) electrons. The van der Waals surface area contributed by atoms with Crippen molar-refractivity contribution >= 4 is 0 Å². The predicted octanol–water partition coefficient (Wildman–Crippen LogP) is 1.66. The van der Waals surface area contributed by atoms with Crippen molar-refractivity contribution in [2.45, 2.75) is 20.8 Å². The Morgan fingerprint density at radius 2 is 1.00 bits per heavy atom. The maximum absolute atomic E-state index is 2.17. The summed E-state index contributed by atoms with van der Waals surface area (Å²) in [4.78, 5) is 0. The fraction of sp³-hybridized carbons (Fsp3) is 1.00. The molecule has 0 aromatic rings. The second-order valence-corrected chi connectivity index (χ2v) is 1.73. The van der Waals surface area contributed by atoms with Gasteiger partial charge in [0, 0.05) is 35.6 Å². The molecule has 0 aliphatic carbocycles. The molecular formula is C4H10La. The summed E-state index contributed by atoms with van der Waals surface area (Å²) in [5.41, 5.74) is 0. The molecule has 1 heteroatoms. The van der Waals surface area contributed by atoms with Gasteiger partial charge in [-0.2, -0.15) is 0 Å². The molecular weight excluding hydrogens is 187 g/mol. The summed E-state index contributed by atoms with van der Waals surface area (Å²) in [5.74, 6) is 0.833. The van der Waals surface area contributed by atoms with Gasteiger partial charge in [-0.05, 0) is 5.92 Å². The molecule has 0 saturated heterocycles. The van der Waals surface area contributed by atoms with Crippen molar-refractivity contribution in [1.82, 2.24) is 0 Å². The van der Waals surface area contributed by atoms with Gasteiger partial charge in [-0.1, -0.05) is 20.8 Å². The third kappa shape index (κ3) is 37.1. The minimum Gasteiger partial charge on any atom is -0.0630 e. The molecule has 0 rings (SSSR count). The van der Waals surface area contributed by atoms with E-state index in [4.69, 9.17) is 0 Å². The Bertz CT molecular complexity index is 8.36. The summed E-state index contributed by atoms with van der Waals surface area (Å²) in [6, 6.07) is 0. The van der Waals surface area contributed by atoms with E-state index in [2.05, 4.69) is 20.8 Å². The standard InChI is InChI=1S/C4H10.La/c1-4(2)3;/h4H,1-3H3;. The Balaban J connectivity index is 0. The van der Waals surface area contributed by atoms with Gasteiger partial charge in [0.2, 0.25) is 0 Å². The largest absolute Gasteiger partial charge is 0.0630 e. The molecule has 0 unspecified atom stereocenters. The van der Waals surface area contributed by atoms with Gasteiger partial charge in [-0.3, -0.25) is 0 Å². The van der Waals surface area contributed by atoms with Crippen molar-refractivity contribution in [2.75, 3.05) is 0 Å². The maximum Gasteiger partial charge on any atom is 0 e. The SMILES string of the molecule is CC(C)C.[La]. The zero-order valence-electron chi connectivity index (χ0n) is 4.15. The summed E-state index contributed by atoms with van der Waals surface area (Å²) in [6.07, 6.45) is 0. The summed E-state index contributed by atoms with van der Waals surface area (Å²) >= 11 is 0. The van der Waals surface area contributed by atoms with E-state index in [1.807, 2.05) is 0 Å². The molecule has 0 N–H and O–H groups in total. The van der Waals surface area contributed by atoms with Crippen molar-refractivity contribution in [3.8, 4) is 0 Å². The van der Waals surface area contributed by atoms with E-state index in [0.29, 0.717) is 0 Å². The van der Waals surface area contributed by atoms with E-state index >= 15 is 0 Å². The van der Waals surface area contributed by atoms with Gasteiger partial charge in [0.05, 0.1) is 0 Å². The van der Waals surface area contributed by atoms with Gasteiger partial charge in [-0.25, -0.2) is 0 Å². The second kappa shape index (κ2) is 5.19. The van der Waals surface area contributed by atoms with Crippen LogP contribution >= 0.6 is 0 Å². The fourth-order valence-electron chi connectivity index (χ4n) is 0. The zero-order chi connectivity index (χ0) is 3.58. The first-order valence-electron chi connectivity index (χ1n) is 1.73. The van der Waals surface area contributed by atoms with Crippen LogP contribution in [0.15, 0.2) is 0 Å². The van der Waals surface area contributed by atoms with Crippen LogP contribution in [0.5, 0.6) is 0 Å². The van der Waals surface area contributed by atoms with Crippen molar-refractivity contribution < 1.29 is 35.6 Å². The first-order valence-corrected chi connectivity index (χ1v) is 1.73. The molecule has 0 fully saturated rings. The van der Waals surface area contributed by atoms with Crippen LogP contribution in [0.1, 0.15) is 20.8 Å². The molecule has 0 aromatic heterocycles. The third-order valence-electron chi connectivity index (χ3n) is 0. The van der Waals surface area contributed by atoms with Crippen molar-refractivity contribution in [3.63, 3.8) is 0 Å². The Hall–Kier alpha value is 1.19. The Morgan fingerprint density at radius 1 is 1.00 bits per heavy atom. The molecule has 0 aliphatic rings. The molecule has 0 saturated carbocycles. The van der Waals surface area contributed by atoms with Crippen LogP contribution in [0.4, 0.5) is 0 Å². The Labute approximate surface area is 61.9 Å². The van der Waals surface area contributed by atoms with Crippen LogP contribution < -0.4 is 0 Å². The normalized spacial score (nSPS) is 7.20. The maximum atomic E-state index is 2.17. The van der Waals surface area contributed by atoms with Crippen molar-refractivity contribution in [3.05, 3.63) is 0 Å². The van der Waals surface area contributed by atoms with Crippen LogP contribution in [0, 0.1) is 41.5 Å². The van der Waals surface area contributed by atoms with Crippen molar-refractivity contribution in [2.24, 2.45) is 5.92 Å². The van der Waals surface area contributed by atoms with Crippen LogP contribution in [-0.4, -0.2) is 0 Å². The predicted molar refractivity (Wildman–Crippen MR) is 20.5 cm³/mol. The fourth-order valence-corrected chi connectivity index (χ4v) is 0. The number of hydrogen-bond acceptors (Lipinski definition) is 0. The molecule has 29 valence electrons. The van der Waals surface area contributed by atoms with Crippen LogP contribution in [0.2, 0.25) is 0 Å². The quantitative estimate of drug-likeness (QED) is 0.554. The number of rotatable bonds is 0. The average molecular weight is 197 g/mol. The molecule has 0 heterocycles. The second-order valence-electron chi connectivity index (χ2n) is 1.73. The van der Waals surface area contributed by atoms with E-state index in [0.717, 1.165) is 5.92 Å². The monoisotopic (exact) mass is 197 g/mol. The van der Waals surface area contributed by atoms with E-state index in [-0.39, 0.29) is 35.6 Å². The van der Waals surface area contributed by atoms with Crippen molar-refractivity contribution in [1.29, 1.82) is 0 Å². The average Bonchev–Trinajstić information content (AvgIpc) is 0.811. The topological polar surface area (TPSA) is 0 Å². The third-order valence-corrected chi connectivity index (χ3v) is 0. The van der Waals surface area contributed by atoms with E-state index in [1.54, 1.807) is 0 Å². The molecule has 0 nitrogen and oxygen atoms in total. The minimum absolute atomic E-state index is 0. The molecule has 0 atom stereocenters. The summed E-state index contributed by atoms with van der Waals surface area (Å²) in [7, 11) is 0. The van der Waals surface area contributed by atoms with Gasteiger partial charge >= 0.3 is 0 Å². The summed E-state index contributed by atoms with van der Waals surface area (Å²) < 4.78 is 0. The van der Waals surface area contributed by atoms with Crippen LogP contribution in [-0.2, 0) is 0 Å². The number of hydrogen-bond donors (Lipinski definition) is 0. The summed E-state index contributed by atoms with van der Waals surface area (Å²) in [5, 5.41) is 0. The van der Waals surface area contributed by atoms with Gasteiger partial charge in [0.25, 0.3) is 0 Å². The first kappa shape index (κ1) is 9.50. The van der Waals surface area contributed by atoms with Gasteiger partial charge in [0.15, 0.2) is 0 Å². The van der Waals surface area contributed by atoms with Gasteiger partial charge in [-0.15, -0.1) is 0 Å². The minimum atomic E-state index is 0. The first-order chi connectivity index (χ1) is 1.73. The van der Waals surface area contributed by atoms with Gasteiger partial charge in [0.1, 0.15) is 0 Å². The molecule has 0 bridgehead atoms. The molecule has 0 amide bonds. The van der Waals surface area contributed by atoms with E-state index in [9.17, 15) is 0 Å². The zero-order valence-corrected chi connectivity index (χ0v) is 7.78. The molecule has 0 aliphatic heterocycles. The molecule has 0 spiro atoms. The van der Waals surface area contributed by atoms with E-state index < -0.39 is 0 Å². The molecule has 5 heavy (non-hydrogen) atoms.